The molecule has 0 amide bonds. The van der Waals surface area contributed by atoms with E-state index in [1.165, 1.54) is 5.69 Å². The van der Waals surface area contributed by atoms with Crippen molar-refractivity contribution in [1.82, 2.24) is 14.4 Å². The van der Waals surface area contributed by atoms with Gasteiger partial charge in [-0.15, -0.1) is 0 Å². The lowest BCUT2D eigenvalue weighted by atomic mass is 10.2. The van der Waals surface area contributed by atoms with Crippen molar-refractivity contribution < 1.29 is 4.74 Å². The highest BCUT2D eigenvalue weighted by Crippen LogP contribution is 2.56. The molecule has 3 heterocycles. The van der Waals surface area contributed by atoms with Gasteiger partial charge in [0.15, 0.2) is 5.65 Å². The Morgan fingerprint density at radius 3 is 2.94 bits per heavy atom. The zero-order valence-corrected chi connectivity index (χ0v) is 10.1. The monoisotopic (exact) mass is 279 g/mol. The molecule has 2 atom stereocenters. The van der Waals surface area contributed by atoms with E-state index in [0.29, 0.717) is 17.8 Å². The lowest BCUT2D eigenvalue weighted by Crippen LogP contribution is -1.96. The molecule has 2 fully saturated rings. The van der Waals surface area contributed by atoms with E-state index < -0.39 is 0 Å². The Bertz CT molecular complexity index is 557. The van der Waals surface area contributed by atoms with Gasteiger partial charge >= 0.3 is 0 Å². The van der Waals surface area contributed by atoms with E-state index in [1.807, 2.05) is 10.6 Å². The minimum absolute atomic E-state index is 0.618. The average molecular weight is 280 g/mol. The highest BCUT2D eigenvalue weighted by molar-refractivity contribution is 9.10. The number of hydrogen-bond donors (Lipinski definition) is 0. The van der Waals surface area contributed by atoms with Crippen LogP contribution >= 0.6 is 15.9 Å². The molecule has 1 aliphatic heterocycles. The molecule has 1 saturated carbocycles. The van der Waals surface area contributed by atoms with Crippen molar-refractivity contribution in [2.75, 3.05) is 13.2 Å². The van der Waals surface area contributed by atoms with E-state index >= 15 is 0 Å². The molecule has 2 aromatic heterocycles. The third-order valence-corrected chi connectivity index (χ3v) is 4.03. The number of hydrogen-bond acceptors (Lipinski definition) is 3. The van der Waals surface area contributed by atoms with Crippen molar-refractivity contribution in [3.63, 3.8) is 0 Å². The molecular weight excluding hydrogens is 270 g/mol. The first kappa shape index (κ1) is 9.13. The van der Waals surface area contributed by atoms with E-state index in [-0.39, 0.29) is 0 Å². The highest BCUT2D eigenvalue weighted by atomic mass is 79.9. The lowest BCUT2D eigenvalue weighted by molar-refractivity contribution is 0.160. The van der Waals surface area contributed by atoms with E-state index in [1.54, 1.807) is 6.20 Å². The molecule has 0 spiro atoms. The predicted octanol–water partition coefficient (Wildman–Crippen LogP) is 1.85. The number of aromatic nitrogens is 3. The SMILES string of the molecule is Brc1cn2cc(C3C4COCC43)nc2cn1. The Morgan fingerprint density at radius 1 is 1.31 bits per heavy atom. The molecule has 0 N–H and O–H groups in total. The van der Waals surface area contributed by atoms with E-state index in [9.17, 15) is 0 Å². The quantitative estimate of drug-likeness (QED) is 0.800. The molecule has 16 heavy (non-hydrogen) atoms. The first-order chi connectivity index (χ1) is 7.83. The second-order valence-electron chi connectivity index (χ2n) is 4.53. The number of ether oxygens (including phenoxy) is 1. The summed E-state index contributed by atoms with van der Waals surface area (Å²) in [5.41, 5.74) is 2.11. The molecule has 0 radical (unpaired) electrons. The van der Waals surface area contributed by atoms with Crippen molar-refractivity contribution in [3.8, 4) is 0 Å². The first-order valence-corrected chi connectivity index (χ1v) is 6.20. The molecule has 0 aromatic carbocycles. The summed E-state index contributed by atoms with van der Waals surface area (Å²) in [6.45, 7) is 1.82. The van der Waals surface area contributed by atoms with Gasteiger partial charge in [-0.3, -0.25) is 0 Å². The molecule has 1 saturated heterocycles. The molecular formula is C11H10BrN3O. The summed E-state index contributed by atoms with van der Waals surface area (Å²) in [6.07, 6.45) is 5.85. The fourth-order valence-corrected chi connectivity index (χ4v) is 3.06. The van der Waals surface area contributed by atoms with Crippen LogP contribution in [0.4, 0.5) is 0 Å². The maximum atomic E-state index is 5.40. The third kappa shape index (κ3) is 1.18. The molecule has 4 rings (SSSR count). The minimum atomic E-state index is 0.618. The Labute approximate surface area is 101 Å². The van der Waals surface area contributed by atoms with Crippen LogP contribution in [0.25, 0.3) is 5.65 Å². The molecule has 2 aromatic rings. The minimum Gasteiger partial charge on any atom is -0.381 e. The summed E-state index contributed by atoms with van der Waals surface area (Å²) in [6, 6.07) is 0. The molecule has 4 nitrogen and oxygen atoms in total. The Morgan fingerprint density at radius 2 is 2.12 bits per heavy atom. The molecule has 0 bridgehead atoms. The summed E-state index contributed by atoms with van der Waals surface area (Å²) in [5.74, 6) is 2.04. The maximum absolute atomic E-state index is 5.40. The summed E-state index contributed by atoms with van der Waals surface area (Å²) in [5, 5.41) is 0. The van der Waals surface area contributed by atoms with Crippen LogP contribution in [0.5, 0.6) is 0 Å². The van der Waals surface area contributed by atoms with E-state index in [0.717, 1.165) is 23.5 Å². The smallest absolute Gasteiger partial charge is 0.155 e. The van der Waals surface area contributed by atoms with Crippen molar-refractivity contribution in [3.05, 3.63) is 28.9 Å². The first-order valence-electron chi connectivity index (χ1n) is 5.41. The van der Waals surface area contributed by atoms with Gasteiger partial charge in [-0.25, -0.2) is 9.97 Å². The lowest BCUT2D eigenvalue weighted by Gasteiger charge is -1.98. The number of nitrogens with zero attached hydrogens (tertiary/aromatic N) is 3. The highest BCUT2D eigenvalue weighted by Gasteiger charge is 2.55. The molecule has 1 aliphatic carbocycles. The van der Waals surface area contributed by atoms with Crippen molar-refractivity contribution in [2.45, 2.75) is 5.92 Å². The fourth-order valence-electron chi connectivity index (χ4n) is 2.73. The topological polar surface area (TPSA) is 39.4 Å². The second kappa shape index (κ2) is 3.05. The molecule has 82 valence electrons. The van der Waals surface area contributed by atoms with Gasteiger partial charge in [0.2, 0.25) is 0 Å². The zero-order valence-electron chi connectivity index (χ0n) is 8.51. The van der Waals surface area contributed by atoms with Crippen LogP contribution in [0.2, 0.25) is 0 Å². The number of halogens is 1. The summed E-state index contributed by atoms with van der Waals surface area (Å²) in [4.78, 5) is 8.80. The normalized spacial score (nSPS) is 31.9. The number of fused-ring (bicyclic) bond motifs is 2. The van der Waals surface area contributed by atoms with Gasteiger partial charge in [0, 0.05) is 18.3 Å². The van der Waals surface area contributed by atoms with Crippen LogP contribution in [0, 0.1) is 11.8 Å². The van der Waals surface area contributed by atoms with Gasteiger partial charge in [-0.2, -0.15) is 0 Å². The van der Waals surface area contributed by atoms with Gasteiger partial charge in [0.05, 0.1) is 25.1 Å². The van der Waals surface area contributed by atoms with Gasteiger partial charge < -0.3 is 9.14 Å². The predicted molar refractivity (Wildman–Crippen MR) is 61.2 cm³/mol. The van der Waals surface area contributed by atoms with Crippen LogP contribution in [-0.4, -0.2) is 27.6 Å². The number of rotatable bonds is 1. The second-order valence-corrected chi connectivity index (χ2v) is 5.34. The van der Waals surface area contributed by atoms with Crippen molar-refractivity contribution >= 4 is 21.6 Å². The fraction of sp³-hybridized carbons (Fsp3) is 0.455. The summed E-state index contributed by atoms with van der Waals surface area (Å²) < 4.78 is 8.26. The Kier molecular flexibility index (Phi) is 1.74. The van der Waals surface area contributed by atoms with Crippen LogP contribution in [-0.2, 0) is 4.74 Å². The Hall–Kier alpha value is -0.940. The van der Waals surface area contributed by atoms with Crippen molar-refractivity contribution in [1.29, 1.82) is 0 Å². The van der Waals surface area contributed by atoms with Gasteiger partial charge in [0.1, 0.15) is 4.60 Å². The molecule has 5 heteroatoms. The van der Waals surface area contributed by atoms with Gasteiger partial charge in [-0.05, 0) is 27.8 Å². The zero-order chi connectivity index (χ0) is 10.7. The standard InChI is InChI=1S/C11H10BrN3O/c12-9-3-15-2-8(14-10(15)1-13-9)11-6-4-16-5-7(6)11/h1-3,6-7,11H,4-5H2. The summed E-state index contributed by atoms with van der Waals surface area (Å²) in [7, 11) is 0. The van der Waals surface area contributed by atoms with Gasteiger partial charge in [-0.1, -0.05) is 0 Å². The van der Waals surface area contributed by atoms with Gasteiger partial charge in [0.25, 0.3) is 0 Å². The van der Waals surface area contributed by atoms with E-state index in [2.05, 4.69) is 32.1 Å². The maximum Gasteiger partial charge on any atom is 0.155 e. The van der Waals surface area contributed by atoms with Crippen LogP contribution in [0.1, 0.15) is 11.6 Å². The number of imidazole rings is 1. The average Bonchev–Trinajstić information content (AvgIpc) is 2.68. The van der Waals surface area contributed by atoms with Crippen LogP contribution < -0.4 is 0 Å². The van der Waals surface area contributed by atoms with Crippen molar-refractivity contribution in [2.24, 2.45) is 11.8 Å². The Balaban J connectivity index is 1.76. The molecule has 2 aliphatic rings. The van der Waals surface area contributed by atoms with Crippen LogP contribution in [0.3, 0.4) is 0 Å². The third-order valence-electron chi connectivity index (χ3n) is 3.62. The summed E-state index contributed by atoms with van der Waals surface area (Å²) >= 11 is 3.36. The molecule has 2 unspecified atom stereocenters. The van der Waals surface area contributed by atoms with E-state index in [4.69, 9.17) is 4.74 Å². The largest absolute Gasteiger partial charge is 0.381 e. The van der Waals surface area contributed by atoms with Crippen LogP contribution in [0.15, 0.2) is 23.2 Å².